The Hall–Kier alpha value is 1.08. The summed E-state index contributed by atoms with van der Waals surface area (Å²) in [4.78, 5) is 0. The molecule has 0 amide bonds. The summed E-state index contributed by atoms with van der Waals surface area (Å²) in [6.07, 6.45) is 0. The molecule has 0 atom stereocenters. The Morgan fingerprint density at radius 3 is 1.80 bits per heavy atom. The third-order valence-corrected chi connectivity index (χ3v) is 24.1. The Balaban J connectivity index is 2.08. The normalized spacial score (nSPS) is 25.8. The monoisotopic (exact) mass is 130 g/mol. The molecule has 0 aromatic heterocycles. The Kier molecular flexibility index (Phi) is 1.43. The average molecular weight is 130 g/mol. The van der Waals surface area contributed by atoms with Gasteiger partial charge in [-0.05, 0) is 0 Å². The second-order valence-electron chi connectivity index (χ2n) is 0.908. The lowest BCUT2D eigenvalue weighted by Gasteiger charge is -2.16. The van der Waals surface area contributed by atoms with Crippen LogP contribution in [0.15, 0.2) is 0 Å². The predicted molar refractivity (Wildman–Crippen MR) is 30.1 cm³/mol. The van der Waals surface area contributed by atoms with Crippen molar-refractivity contribution in [3.63, 3.8) is 0 Å². The second-order valence-corrected chi connectivity index (χ2v) is 16.5. The van der Waals surface area contributed by atoms with Gasteiger partial charge in [-0.25, -0.2) is 0 Å². The lowest BCUT2D eigenvalue weighted by Crippen LogP contribution is -2.23. The first-order valence-electron chi connectivity index (χ1n) is 1.39. The Bertz CT molecular complexity index is 33.9. The van der Waals surface area contributed by atoms with Crippen LogP contribution in [0.3, 0.4) is 0 Å². The van der Waals surface area contributed by atoms with Crippen molar-refractivity contribution in [3.8, 4) is 0 Å². The average Bonchev–Trinajstić information content (AvgIpc) is 1.30. The molecule has 0 nitrogen and oxygen atoms in total. The van der Waals surface area contributed by atoms with Crippen LogP contribution in [0.1, 0.15) is 0 Å². The van der Waals surface area contributed by atoms with Crippen LogP contribution in [0, 0.1) is 0 Å². The zero-order chi connectivity index (χ0) is 3.70. The van der Waals surface area contributed by atoms with E-state index in [9.17, 15) is 0 Å². The second kappa shape index (κ2) is 1.69. The lowest BCUT2D eigenvalue weighted by atomic mass is 12.0. The highest BCUT2D eigenvalue weighted by molar-refractivity contribution is 8.27. The summed E-state index contributed by atoms with van der Waals surface area (Å²) in [5, 5.41) is 0. The molecule has 0 aromatic rings. The van der Waals surface area contributed by atoms with Crippen molar-refractivity contribution in [1.29, 1.82) is 0 Å². The summed E-state index contributed by atoms with van der Waals surface area (Å²) < 4.78 is 0. The lowest BCUT2D eigenvalue weighted by molar-refractivity contribution is 2.48. The summed E-state index contributed by atoms with van der Waals surface area (Å²) in [5.41, 5.74) is 0. The number of hydrogen-bond donors (Lipinski definition) is 0. The predicted octanol–water partition coefficient (Wildman–Crippen LogP) is -0.116. The van der Waals surface area contributed by atoms with E-state index in [1.807, 2.05) is 0 Å². The van der Waals surface area contributed by atoms with Gasteiger partial charge in [0.2, 0.25) is 0 Å². The largest absolute Gasteiger partial charge is 0.148 e. The molecule has 1 aliphatic heterocycles. The van der Waals surface area contributed by atoms with Crippen LogP contribution >= 0.6 is 7.02 Å². The molecule has 0 aliphatic carbocycles. The zero-order valence-corrected chi connectivity index (χ0v) is 6.84. The van der Waals surface area contributed by atoms with Gasteiger partial charge in [-0.3, -0.25) is 0 Å². The molecule has 0 unspecified atom stereocenters. The van der Waals surface area contributed by atoms with Crippen LogP contribution in [0.4, 0.5) is 0 Å². The van der Waals surface area contributed by atoms with E-state index in [0.717, 1.165) is 0 Å². The van der Waals surface area contributed by atoms with Gasteiger partial charge in [-0.15, -0.1) is 7.02 Å². The van der Waals surface area contributed by atoms with Gasteiger partial charge in [0.15, 0.2) is 0 Å². The SMILES string of the molecule is CP1[Si][Si][Si]1. The van der Waals surface area contributed by atoms with Crippen molar-refractivity contribution in [2.24, 2.45) is 0 Å². The van der Waals surface area contributed by atoms with Crippen LogP contribution in [0.25, 0.3) is 0 Å². The maximum atomic E-state index is 2.41. The van der Waals surface area contributed by atoms with Crippen molar-refractivity contribution in [3.05, 3.63) is 0 Å². The van der Waals surface area contributed by atoms with Crippen LogP contribution in [0.2, 0.25) is 0 Å². The highest BCUT2D eigenvalue weighted by atomic mass is 31.7. The van der Waals surface area contributed by atoms with E-state index < -0.39 is 0 Å². The molecular weight excluding hydrogens is 127 g/mol. The molecular formula is CH3PSi3. The summed E-state index contributed by atoms with van der Waals surface area (Å²) in [6.45, 7) is 2.41. The standard InChI is InChI=1S/CH3PSi3/c1-2-3-5-4-2/h1H3. The van der Waals surface area contributed by atoms with Gasteiger partial charge in [0.1, 0.15) is 0 Å². The molecule has 6 radical (unpaired) electrons. The van der Waals surface area contributed by atoms with E-state index in [-0.39, 0.29) is 0 Å². The topological polar surface area (TPSA) is 0 Å². The fourth-order valence-corrected chi connectivity index (χ4v) is 13.6. The number of rotatable bonds is 0. The van der Waals surface area contributed by atoms with Crippen molar-refractivity contribution >= 4 is 33.0 Å². The summed E-state index contributed by atoms with van der Waals surface area (Å²) in [5.74, 6) is 0. The van der Waals surface area contributed by atoms with E-state index in [4.69, 9.17) is 0 Å². The third-order valence-electron chi connectivity index (χ3n) is 0.447. The minimum atomic E-state index is 0.650. The van der Waals surface area contributed by atoms with E-state index >= 15 is 0 Å². The molecule has 5 heavy (non-hydrogen) atoms. The molecule has 4 heteroatoms. The molecule has 0 N–H and O–H groups in total. The summed E-state index contributed by atoms with van der Waals surface area (Å²) >= 11 is 0. The van der Waals surface area contributed by atoms with Gasteiger partial charge in [0.25, 0.3) is 0 Å². The van der Waals surface area contributed by atoms with Crippen molar-refractivity contribution in [1.82, 2.24) is 0 Å². The molecule has 0 saturated carbocycles. The molecule has 1 aliphatic rings. The molecule has 1 heterocycles. The Morgan fingerprint density at radius 2 is 1.80 bits per heavy atom. The van der Waals surface area contributed by atoms with E-state index in [0.29, 0.717) is 7.02 Å². The zero-order valence-electron chi connectivity index (χ0n) is 2.95. The maximum Gasteiger partial charge on any atom is 0.0491 e. The van der Waals surface area contributed by atoms with Gasteiger partial charge in [-0.2, -0.15) is 0 Å². The first-order valence-corrected chi connectivity index (χ1v) is 9.87. The Morgan fingerprint density at radius 1 is 1.40 bits per heavy atom. The summed E-state index contributed by atoms with van der Waals surface area (Å²) in [6, 6.07) is 0. The van der Waals surface area contributed by atoms with Crippen LogP contribution in [-0.2, 0) is 0 Å². The van der Waals surface area contributed by atoms with Gasteiger partial charge in [0, 0.05) is 26.0 Å². The van der Waals surface area contributed by atoms with Crippen LogP contribution < -0.4 is 0 Å². The third kappa shape index (κ3) is 0.962. The Labute approximate surface area is 40.2 Å². The molecule has 0 aromatic carbocycles. The van der Waals surface area contributed by atoms with Crippen molar-refractivity contribution < 1.29 is 0 Å². The molecule has 1 saturated heterocycles. The fraction of sp³-hybridized carbons (Fsp3) is 1.00. The minimum Gasteiger partial charge on any atom is -0.148 e. The quantitative estimate of drug-likeness (QED) is 0.317. The smallest absolute Gasteiger partial charge is 0.0491 e. The highest BCUT2D eigenvalue weighted by Gasteiger charge is 2.12. The van der Waals surface area contributed by atoms with E-state index in [2.05, 4.69) is 6.66 Å². The highest BCUT2D eigenvalue weighted by Crippen LogP contribution is 2.30. The van der Waals surface area contributed by atoms with Gasteiger partial charge in [0.05, 0.1) is 0 Å². The molecule has 24 valence electrons. The van der Waals surface area contributed by atoms with E-state index in [1.54, 1.807) is 0 Å². The molecule has 0 bridgehead atoms. The van der Waals surface area contributed by atoms with Gasteiger partial charge < -0.3 is 0 Å². The maximum absolute atomic E-state index is 2.41. The van der Waals surface area contributed by atoms with Crippen LogP contribution in [-0.4, -0.2) is 32.6 Å². The molecule has 0 spiro atoms. The molecule has 1 fully saturated rings. The van der Waals surface area contributed by atoms with E-state index in [1.165, 1.54) is 26.0 Å². The van der Waals surface area contributed by atoms with Gasteiger partial charge >= 0.3 is 0 Å². The fourth-order valence-electron chi connectivity index (χ4n) is 0.168. The molecule has 1 rings (SSSR count). The van der Waals surface area contributed by atoms with Crippen molar-refractivity contribution in [2.75, 3.05) is 6.66 Å². The minimum absolute atomic E-state index is 0.650. The number of hydrogen-bond acceptors (Lipinski definition) is 0. The first-order chi connectivity index (χ1) is 2.39. The van der Waals surface area contributed by atoms with Crippen molar-refractivity contribution in [2.45, 2.75) is 0 Å². The first kappa shape index (κ1) is 4.25. The summed E-state index contributed by atoms with van der Waals surface area (Å²) in [7, 11) is 4.84. The van der Waals surface area contributed by atoms with Crippen LogP contribution in [0.5, 0.6) is 0 Å². The van der Waals surface area contributed by atoms with Gasteiger partial charge in [-0.1, -0.05) is 6.66 Å².